The molecule has 0 aromatic carbocycles. The van der Waals surface area contributed by atoms with Crippen LogP contribution in [0.1, 0.15) is 0 Å². The van der Waals surface area contributed by atoms with Gasteiger partial charge < -0.3 is 4.98 Å². The molecule has 0 radical (unpaired) electrons. The van der Waals surface area contributed by atoms with Crippen molar-refractivity contribution in [1.82, 2.24) is 4.98 Å². The van der Waals surface area contributed by atoms with Crippen molar-refractivity contribution < 1.29 is 0 Å². The molecule has 0 saturated carbocycles. The van der Waals surface area contributed by atoms with Gasteiger partial charge in [-0.05, 0) is 6.17 Å². The Labute approximate surface area is 33.5 Å². The van der Waals surface area contributed by atoms with Gasteiger partial charge in [-0.25, -0.2) is 0 Å². The summed E-state index contributed by atoms with van der Waals surface area (Å²) in [6.45, 7) is 4.65. The Kier molecular flexibility index (Phi) is 0.425. The number of rotatable bonds is 0. The van der Waals surface area contributed by atoms with Crippen LogP contribution in [0.4, 0.5) is 0 Å². The normalized spacial score (nSPS) is 30.0. The lowest BCUT2D eigenvalue weighted by Crippen LogP contribution is -2.06. The molecular weight excluding hydrogens is 78.1 g/mol. The van der Waals surface area contributed by atoms with Crippen molar-refractivity contribution in [1.29, 1.82) is 0 Å². The van der Waals surface area contributed by atoms with Gasteiger partial charge in [0, 0.05) is 0 Å². The average molecular weight is 87.2 g/mol. The molecule has 0 atom stereocenters. The smallest absolute Gasteiger partial charge is 0.132 e. The van der Waals surface area contributed by atoms with Gasteiger partial charge in [-0.1, -0.05) is 13.1 Å². The predicted molar refractivity (Wildman–Crippen MR) is 25.5 cm³/mol. The van der Waals surface area contributed by atoms with Crippen LogP contribution in [0.5, 0.6) is 0 Å². The minimum absolute atomic E-state index is 0.611. The molecule has 1 N–H and O–H groups in total. The lowest BCUT2D eigenvalue weighted by molar-refractivity contribution is 1.40. The minimum Gasteiger partial charge on any atom is -0.338 e. The fourth-order valence-electron chi connectivity index (χ4n) is 0.177. The van der Waals surface area contributed by atoms with Gasteiger partial charge in [0.2, 0.25) is 0 Å². The summed E-state index contributed by atoms with van der Waals surface area (Å²) >= 11 is 0. The summed E-state index contributed by atoms with van der Waals surface area (Å²) in [5, 5.41) is 0. The Bertz CT molecular complexity index is 44.9. The van der Waals surface area contributed by atoms with E-state index in [9.17, 15) is 0 Å². The van der Waals surface area contributed by atoms with Crippen molar-refractivity contribution in [2.45, 2.75) is 13.1 Å². The van der Waals surface area contributed by atoms with Crippen LogP contribution in [0.3, 0.4) is 0 Å². The third-order valence-electron chi connectivity index (χ3n) is 0.884. The minimum atomic E-state index is -0.611. The molecule has 1 saturated heterocycles. The topological polar surface area (TPSA) is 21.9 Å². The standard InChI is InChI=1S/C3H9NSi/c1-5(2)3-4-5/h4H,3H2,1-2H3. The quantitative estimate of drug-likeness (QED) is 0.334. The monoisotopic (exact) mass is 87.1 g/mol. The molecule has 1 fully saturated rings. The first-order chi connectivity index (χ1) is 2.21. The Morgan fingerprint density at radius 3 is 1.80 bits per heavy atom. The maximum absolute atomic E-state index is 3.31. The molecule has 0 unspecified atom stereocenters. The fraction of sp³-hybridized carbons (Fsp3) is 1.00. The molecule has 0 aromatic heterocycles. The second kappa shape index (κ2) is 0.630. The van der Waals surface area contributed by atoms with Crippen LogP contribution in [0.15, 0.2) is 0 Å². The largest absolute Gasteiger partial charge is 0.338 e. The van der Waals surface area contributed by atoms with Gasteiger partial charge in [0.15, 0.2) is 0 Å². The van der Waals surface area contributed by atoms with Crippen LogP contribution in [0.2, 0.25) is 13.1 Å². The highest BCUT2D eigenvalue weighted by Crippen LogP contribution is 2.05. The maximum atomic E-state index is 3.31. The summed E-state index contributed by atoms with van der Waals surface area (Å²) in [6.07, 6.45) is 1.34. The molecule has 1 aliphatic rings. The zero-order chi connectivity index (χ0) is 3.91. The van der Waals surface area contributed by atoms with Gasteiger partial charge in [0.25, 0.3) is 0 Å². The van der Waals surface area contributed by atoms with Crippen LogP contribution in [-0.4, -0.2) is 14.4 Å². The van der Waals surface area contributed by atoms with E-state index in [2.05, 4.69) is 18.1 Å². The third kappa shape index (κ3) is 0.739. The van der Waals surface area contributed by atoms with E-state index in [0.717, 1.165) is 0 Å². The van der Waals surface area contributed by atoms with Gasteiger partial charge in [-0.2, -0.15) is 0 Å². The van der Waals surface area contributed by atoms with Crippen LogP contribution in [-0.2, 0) is 0 Å². The van der Waals surface area contributed by atoms with Crippen molar-refractivity contribution in [3.05, 3.63) is 0 Å². The third-order valence-corrected chi connectivity index (χ3v) is 2.65. The molecule has 0 spiro atoms. The second-order valence-corrected chi connectivity index (χ2v) is 6.71. The zero-order valence-electron chi connectivity index (χ0n) is 3.71. The summed E-state index contributed by atoms with van der Waals surface area (Å²) in [6, 6.07) is 0. The van der Waals surface area contributed by atoms with Crippen molar-refractivity contribution in [3.8, 4) is 0 Å². The van der Waals surface area contributed by atoms with Crippen molar-refractivity contribution >= 4 is 8.24 Å². The molecule has 0 aliphatic carbocycles. The molecule has 0 bridgehead atoms. The lowest BCUT2D eigenvalue weighted by atomic mass is 11.6. The van der Waals surface area contributed by atoms with E-state index < -0.39 is 8.24 Å². The Morgan fingerprint density at radius 1 is 1.60 bits per heavy atom. The number of nitrogens with one attached hydrogen (secondary N) is 1. The average Bonchev–Trinajstić information content (AvgIpc) is 1.76. The van der Waals surface area contributed by atoms with Crippen LogP contribution in [0.25, 0.3) is 0 Å². The summed E-state index contributed by atoms with van der Waals surface area (Å²) in [7, 11) is -0.611. The number of hydrogen-bond donors (Lipinski definition) is 1. The van der Waals surface area contributed by atoms with Gasteiger partial charge in [0.05, 0.1) is 0 Å². The maximum Gasteiger partial charge on any atom is 0.132 e. The van der Waals surface area contributed by atoms with E-state index in [1.54, 1.807) is 0 Å². The summed E-state index contributed by atoms with van der Waals surface area (Å²) in [4.78, 5) is 3.31. The van der Waals surface area contributed by atoms with Crippen LogP contribution >= 0.6 is 0 Å². The van der Waals surface area contributed by atoms with E-state index in [1.165, 1.54) is 6.17 Å². The summed E-state index contributed by atoms with van der Waals surface area (Å²) in [5.74, 6) is 0. The first-order valence-electron chi connectivity index (χ1n) is 1.96. The number of hydrogen-bond acceptors (Lipinski definition) is 1. The molecule has 1 aliphatic heterocycles. The molecule has 5 heavy (non-hydrogen) atoms. The summed E-state index contributed by atoms with van der Waals surface area (Å²) in [5.41, 5.74) is 0. The van der Waals surface area contributed by atoms with E-state index >= 15 is 0 Å². The van der Waals surface area contributed by atoms with Gasteiger partial charge in [0.1, 0.15) is 8.24 Å². The van der Waals surface area contributed by atoms with E-state index in [0.29, 0.717) is 0 Å². The van der Waals surface area contributed by atoms with E-state index in [1.807, 2.05) is 0 Å². The highest BCUT2D eigenvalue weighted by molar-refractivity contribution is 6.83. The van der Waals surface area contributed by atoms with Gasteiger partial charge in [-0.3, -0.25) is 0 Å². The molecule has 1 heterocycles. The Balaban J connectivity index is 2.38. The van der Waals surface area contributed by atoms with E-state index in [4.69, 9.17) is 0 Å². The van der Waals surface area contributed by atoms with Gasteiger partial charge >= 0.3 is 0 Å². The highest BCUT2D eigenvalue weighted by atomic mass is 28.3. The van der Waals surface area contributed by atoms with Crippen LogP contribution in [0, 0.1) is 0 Å². The fourth-order valence-corrected chi connectivity index (χ4v) is 1.59. The predicted octanol–water partition coefficient (Wildman–Crippen LogP) is 0.334. The molecule has 30 valence electrons. The molecule has 0 aromatic rings. The molecule has 1 nitrogen and oxygen atoms in total. The van der Waals surface area contributed by atoms with Crippen molar-refractivity contribution in [3.63, 3.8) is 0 Å². The Hall–Kier alpha value is 0.177. The van der Waals surface area contributed by atoms with Crippen molar-refractivity contribution in [2.24, 2.45) is 0 Å². The van der Waals surface area contributed by atoms with Crippen molar-refractivity contribution in [2.75, 3.05) is 6.17 Å². The molecule has 0 amide bonds. The highest BCUT2D eigenvalue weighted by Gasteiger charge is 2.32. The summed E-state index contributed by atoms with van der Waals surface area (Å²) < 4.78 is 0. The van der Waals surface area contributed by atoms with E-state index in [-0.39, 0.29) is 0 Å². The Morgan fingerprint density at radius 2 is 1.80 bits per heavy atom. The first-order valence-corrected chi connectivity index (χ1v) is 5.16. The van der Waals surface area contributed by atoms with Gasteiger partial charge in [-0.15, -0.1) is 0 Å². The molecule has 1 rings (SSSR count). The molecular formula is C3H9NSi. The first kappa shape index (κ1) is 3.37. The molecule has 2 heteroatoms. The zero-order valence-corrected chi connectivity index (χ0v) is 4.71. The second-order valence-electron chi connectivity index (χ2n) is 2.24. The van der Waals surface area contributed by atoms with Crippen LogP contribution < -0.4 is 4.98 Å². The lowest BCUT2D eigenvalue weighted by Gasteiger charge is -1.79. The SMILES string of the molecule is C[Si]1(C)CN1.